The van der Waals surface area contributed by atoms with Gasteiger partial charge in [0.15, 0.2) is 0 Å². The van der Waals surface area contributed by atoms with Crippen molar-refractivity contribution in [3.63, 3.8) is 0 Å². The number of aromatic hydroxyl groups is 1. The molecule has 0 heterocycles. The number of aryl methyl sites for hydroxylation is 1. The van der Waals surface area contributed by atoms with E-state index in [0.29, 0.717) is 24.1 Å². The van der Waals surface area contributed by atoms with Crippen molar-refractivity contribution in [1.29, 1.82) is 0 Å². The third kappa shape index (κ3) is 9.80. The smallest absolute Gasteiger partial charge is 0.247 e. The fourth-order valence-corrected chi connectivity index (χ4v) is 3.85. The van der Waals surface area contributed by atoms with E-state index < -0.39 is 10.0 Å². The van der Waals surface area contributed by atoms with Crippen LogP contribution < -0.4 is 4.83 Å². The Hall–Kier alpha value is -1.56. The highest BCUT2D eigenvalue weighted by atomic mass is 32.2. The van der Waals surface area contributed by atoms with Crippen molar-refractivity contribution in [1.82, 2.24) is 4.83 Å². The Bertz CT molecular complexity index is 685. The molecule has 1 aromatic rings. The molecule has 0 atom stereocenters. The largest absolute Gasteiger partial charge is 0.507 e. The summed E-state index contributed by atoms with van der Waals surface area (Å²) in [7, 11) is -3.45. The summed E-state index contributed by atoms with van der Waals surface area (Å²) < 4.78 is 24.5. The van der Waals surface area contributed by atoms with Gasteiger partial charge < -0.3 is 5.11 Å². The van der Waals surface area contributed by atoms with Gasteiger partial charge in [-0.2, -0.15) is 5.10 Å². The van der Waals surface area contributed by atoms with Gasteiger partial charge >= 0.3 is 0 Å². The molecule has 0 aliphatic heterocycles. The Kier molecular flexibility index (Phi) is 11.1. The van der Waals surface area contributed by atoms with Gasteiger partial charge in [0.2, 0.25) is 10.0 Å². The lowest BCUT2D eigenvalue weighted by molar-refractivity contribution is 0.473. The molecule has 0 saturated heterocycles. The van der Waals surface area contributed by atoms with Gasteiger partial charge in [-0.15, -0.1) is 0 Å². The normalized spacial score (nSPS) is 12.3. The van der Waals surface area contributed by atoms with E-state index in [-0.39, 0.29) is 11.5 Å². The number of hydrogen-bond acceptors (Lipinski definition) is 4. The molecule has 0 bridgehead atoms. The van der Waals surface area contributed by atoms with Crippen molar-refractivity contribution in [2.45, 2.75) is 85.0 Å². The van der Waals surface area contributed by atoms with Crippen LogP contribution in [0, 0.1) is 6.92 Å². The van der Waals surface area contributed by atoms with Crippen LogP contribution in [0.1, 0.15) is 89.2 Å². The van der Waals surface area contributed by atoms with Gasteiger partial charge in [0.25, 0.3) is 0 Å². The maximum absolute atomic E-state index is 12.2. The summed E-state index contributed by atoms with van der Waals surface area (Å²) in [5.74, 6) is 0.227. The second-order valence-corrected chi connectivity index (χ2v) is 9.03. The predicted molar refractivity (Wildman–Crippen MR) is 114 cm³/mol. The van der Waals surface area contributed by atoms with Gasteiger partial charge in [-0.1, -0.05) is 64.9 Å². The molecule has 1 rings (SSSR count). The minimum absolute atomic E-state index is 0.0880. The molecule has 2 N–H and O–H groups in total. The molecule has 0 aliphatic carbocycles. The number of unbranched alkanes of at least 4 members (excludes halogenated alkanes) is 7. The van der Waals surface area contributed by atoms with Gasteiger partial charge in [-0.05, 0) is 43.9 Å². The Labute approximate surface area is 165 Å². The van der Waals surface area contributed by atoms with Crippen LogP contribution in [0.5, 0.6) is 5.75 Å². The number of sulfonamides is 1. The molecule has 0 unspecified atom stereocenters. The van der Waals surface area contributed by atoms with Crippen LogP contribution in [0.25, 0.3) is 0 Å². The average Bonchev–Trinajstić information content (AvgIpc) is 2.61. The molecule has 0 aromatic heterocycles. The maximum atomic E-state index is 12.2. The van der Waals surface area contributed by atoms with Gasteiger partial charge in [-0.25, -0.2) is 13.2 Å². The lowest BCUT2D eigenvalue weighted by Crippen LogP contribution is -2.23. The minimum Gasteiger partial charge on any atom is -0.507 e. The standard InChI is InChI=1S/C21H36N2O3S/c1-4-6-8-9-10-12-16-27(25,26)23-22-20(13-11-7-5-2)19-15-14-18(3)17-21(19)24/h14-15,17,23-24H,4-13,16H2,1-3H3/b22-20+. The van der Waals surface area contributed by atoms with E-state index in [1.54, 1.807) is 12.1 Å². The van der Waals surface area contributed by atoms with E-state index in [0.717, 1.165) is 44.1 Å². The first-order valence-corrected chi connectivity index (χ1v) is 11.9. The second kappa shape index (κ2) is 12.8. The van der Waals surface area contributed by atoms with Crippen LogP contribution in [0.3, 0.4) is 0 Å². The quantitative estimate of drug-likeness (QED) is 0.255. The molecule has 6 heteroatoms. The third-order valence-electron chi connectivity index (χ3n) is 4.57. The van der Waals surface area contributed by atoms with Crippen LogP contribution >= 0.6 is 0 Å². The van der Waals surface area contributed by atoms with E-state index in [9.17, 15) is 13.5 Å². The molecule has 0 saturated carbocycles. The molecule has 0 radical (unpaired) electrons. The Balaban J connectivity index is 2.72. The number of phenols is 1. The lowest BCUT2D eigenvalue weighted by Gasteiger charge is -2.11. The zero-order valence-corrected chi connectivity index (χ0v) is 17.9. The Morgan fingerprint density at radius 3 is 2.30 bits per heavy atom. The molecule has 0 amide bonds. The fraction of sp³-hybridized carbons (Fsp3) is 0.667. The molecule has 5 nitrogen and oxygen atoms in total. The van der Waals surface area contributed by atoms with Crippen molar-refractivity contribution in [3.05, 3.63) is 29.3 Å². The highest BCUT2D eigenvalue weighted by Crippen LogP contribution is 2.21. The highest BCUT2D eigenvalue weighted by Gasteiger charge is 2.13. The van der Waals surface area contributed by atoms with Gasteiger partial charge in [0.05, 0.1) is 11.5 Å². The summed E-state index contributed by atoms with van der Waals surface area (Å²) in [6.07, 6.45) is 9.83. The van der Waals surface area contributed by atoms with Crippen molar-refractivity contribution in [2.75, 3.05) is 5.75 Å². The first kappa shape index (κ1) is 23.5. The molecule has 154 valence electrons. The number of phenolic OH excluding ortho intramolecular Hbond substituents is 1. The number of nitrogens with zero attached hydrogens (tertiary/aromatic N) is 1. The van der Waals surface area contributed by atoms with Gasteiger partial charge in [0, 0.05) is 5.56 Å². The van der Waals surface area contributed by atoms with E-state index in [1.807, 2.05) is 13.0 Å². The van der Waals surface area contributed by atoms with Crippen LogP contribution in [-0.4, -0.2) is 25.0 Å². The van der Waals surface area contributed by atoms with Crippen molar-refractivity contribution >= 4 is 15.7 Å². The molecule has 1 aromatic carbocycles. The second-order valence-electron chi connectivity index (χ2n) is 7.21. The summed E-state index contributed by atoms with van der Waals surface area (Å²) in [6.45, 7) is 6.18. The van der Waals surface area contributed by atoms with E-state index in [1.165, 1.54) is 12.8 Å². The molecule has 0 aliphatic rings. The first-order valence-electron chi connectivity index (χ1n) is 10.3. The average molecular weight is 397 g/mol. The highest BCUT2D eigenvalue weighted by molar-refractivity contribution is 7.89. The molecular formula is C21H36N2O3S. The zero-order chi connectivity index (χ0) is 20.1. The van der Waals surface area contributed by atoms with Crippen molar-refractivity contribution in [3.8, 4) is 5.75 Å². The van der Waals surface area contributed by atoms with Gasteiger partial charge in [-0.3, -0.25) is 0 Å². The van der Waals surface area contributed by atoms with Crippen molar-refractivity contribution < 1.29 is 13.5 Å². The predicted octanol–water partition coefficient (Wildman–Crippen LogP) is 5.26. The van der Waals surface area contributed by atoms with Crippen molar-refractivity contribution in [2.24, 2.45) is 5.10 Å². The maximum Gasteiger partial charge on any atom is 0.247 e. The topological polar surface area (TPSA) is 78.8 Å². The Morgan fingerprint density at radius 1 is 1.00 bits per heavy atom. The van der Waals surface area contributed by atoms with E-state index in [2.05, 4.69) is 23.8 Å². The molecule has 27 heavy (non-hydrogen) atoms. The monoisotopic (exact) mass is 396 g/mol. The first-order chi connectivity index (χ1) is 12.9. The van der Waals surface area contributed by atoms with Crippen LogP contribution in [-0.2, 0) is 10.0 Å². The van der Waals surface area contributed by atoms with Crippen LogP contribution in [0.2, 0.25) is 0 Å². The summed E-state index contributed by atoms with van der Waals surface area (Å²) in [5.41, 5.74) is 2.14. The zero-order valence-electron chi connectivity index (χ0n) is 17.1. The molecule has 0 spiro atoms. The number of rotatable bonds is 14. The van der Waals surface area contributed by atoms with E-state index in [4.69, 9.17) is 0 Å². The SMILES string of the molecule is CCCCCCCCS(=O)(=O)N/N=C(\CCCCC)c1ccc(C)cc1O. The summed E-state index contributed by atoms with van der Waals surface area (Å²) in [4.78, 5) is 2.38. The molecular weight excluding hydrogens is 360 g/mol. The number of nitrogens with one attached hydrogen (secondary N) is 1. The molecule has 0 fully saturated rings. The summed E-state index contributed by atoms with van der Waals surface area (Å²) in [6, 6.07) is 5.38. The lowest BCUT2D eigenvalue weighted by atomic mass is 10.0. The number of benzene rings is 1. The van der Waals surface area contributed by atoms with Crippen LogP contribution in [0.4, 0.5) is 0 Å². The summed E-state index contributed by atoms with van der Waals surface area (Å²) in [5, 5.41) is 14.4. The van der Waals surface area contributed by atoms with E-state index >= 15 is 0 Å². The third-order valence-corrected chi connectivity index (χ3v) is 5.76. The van der Waals surface area contributed by atoms with Gasteiger partial charge in [0.1, 0.15) is 5.75 Å². The minimum atomic E-state index is -3.45. The fourth-order valence-electron chi connectivity index (χ4n) is 2.92. The van der Waals surface area contributed by atoms with Crippen LogP contribution in [0.15, 0.2) is 23.3 Å². The summed E-state index contributed by atoms with van der Waals surface area (Å²) >= 11 is 0. The Morgan fingerprint density at radius 2 is 1.63 bits per heavy atom. The number of hydrogen-bond donors (Lipinski definition) is 2. The number of hydrazone groups is 1.